The molecule has 0 amide bonds. The monoisotopic (exact) mass is 425 g/mol. The van der Waals surface area contributed by atoms with Gasteiger partial charge in [0.05, 0.1) is 11.4 Å². The summed E-state index contributed by atoms with van der Waals surface area (Å²) in [6.07, 6.45) is 3.11. The summed E-state index contributed by atoms with van der Waals surface area (Å²) in [7, 11) is 2.03. The van der Waals surface area contributed by atoms with Crippen LogP contribution in [0.4, 0.5) is 0 Å². The molecule has 0 fully saturated rings. The minimum atomic E-state index is -0.0710. The molecule has 2 aliphatic rings. The van der Waals surface area contributed by atoms with E-state index in [0.29, 0.717) is 24.9 Å². The van der Waals surface area contributed by atoms with Crippen molar-refractivity contribution in [2.45, 2.75) is 45.3 Å². The maximum atomic E-state index is 12.9. The molecule has 1 aromatic carbocycles. The van der Waals surface area contributed by atoms with Crippen LogP contribution >= 0.6 is 11.3 Å². The number of hydrogen-bond donors (Lipinski definition) is 1. The molecule has 3 heterocycles. The highest BCUT2D eigenvalue weighted by atomic mass is 32.1. The molecular formula is C23H27N3O3S. The first-order valence-electron chi connectivity index (χ1n) is 10.6. The fourth-order valence-electron chi connectivity index (χ4n) is 4.40. The lowest BCUT2D eigenvalue weighted by atomic mass is 9.89. The van der Waals surface area contributed by atoms with Gasteiger partial charge in [0.15, 0.2) is 11.5 Å². The third-order valence-electron chi connectivity index (χ3n) is 6.30. The zero-order chi connectivity index (χ0) is 20.8. The number of fused-ring (bicyclic) bond motifs is 4. The lowest BCUT2D eigenvalue weighted by molar-refractivity contribution is 0.0553. The van der Waals surface area contributed by atoms with Crippen LogP contribution in [0.2, 0.25) is 0 Å². The number of nitrogens with zero attached hydrogens (tertiary/aromatic N) is 2. The summed E-state index contributed by atoms with van der Waals surface area (Å²) >= 11 is 1.69. The fourth-order valence-corrected chi connectivity index (χ4v) is 5.79. The molecule has 0 radical (unpaired) electrons. The molecule has 1 N–H and O–H groups in total. The number of aromatic amines is 1. The topological polar surface area (TPSA) is 67.5 Å². The van der Waals surface area contributed by atoms with Gasteiger partial charge in [-0.2, -0.15) is 0 Å². The average Bonchev–Trinajstić information content (AvgIpc) is 3.10. The number of thiophene rings is 1. The van der Waals surface area contributed by atoms with Gasteiger partial charge in [0.2, 0.25) is 0 Å². The zero-order valence-electron chi connectivity index (χ0n) is 17.6. The zero-order valence-corrected chi connectivity index (χ0v) is 18.4. The van der Waals surface area contributed by atoms with E-state index in [2.05, 4.69) is 23.7 Å². The summed E-state index contributed by atoms with van der Waals surface area (Å²) in [4.78, 5) is 25.2. The van der Waals surface area contributed by atoms with Gasteiger partial charge in [0, 0.05) is 11.4 Å². The van der Waals surface area contributed by atoms with E-state index in [1.807, 2.05) is 31.3 Å². The van der Waals surface area contributed by atoms with Crippen molar-refractivity contribution in [1.82, 2.24) is 14.9 Å². The van der Waals surface area contributed by atoms with Crippen LogP contribution in [0.3, 0.4) is 0 Å². The summed E-state index contributed by atoms with van der Waals surface area (Å²) in [5, 5.41) is 0.807. The van der Waals surface area contributed by atoms with E-state index in [0.717, 1.165) is 41.0 Å². The molecule has 3 aromatic rings. The normalized spacial score (nSPS) is 21.6. The van der Waals surface area contributed by atoms with E-state index >= 15 is 0 Å². The summed E-state index contributed by atoms with van der Waals surface area (Å²) in [6, 6.07) is 7.70. The lowest BCUT2D eigenvalue weighted by Crippen LogP contribution is -2.40. The fraction of sp³-hybridized carbons (Fsp3) is 0.478. The Labute approximate surface area is 179 Å². The summed E-state index contributed by atoms with van der Waals surface area (Å²) < 4.78 is 11.9. The van der Waals surface area contributed by atoms with E-state index < -0.39 is 0 Å². The van der Waals surface area contributed by atoms with Crippen LogP contribution in [0.5, 0.6) is 11.5 Å². The first-order chi connectivity index (χ1) is 14.5. The summed E-state index contributed by atoms with van der Waals surface area (Å²) in [6.45, 7) is 5.53. The third-order valence-corrected chi connectivity index (χ3v) is 7.45. The standard InChI is InChI=1S/C23H27N3O3S/c1-13-8-9-16-19(10-13)30-23-20(16)22(27)24-21(25-23)14(2)26(3)11-15-12-28-17-6-4-5-7-18(17)29-15/h4-7,13-15H,8-12H2,1-3H3,(H,24,25,27)/t13-,14-,15+/m0/s1. The van der Waals surface area contributed by atoms with E-state index in [1.165, 1.54) is 10.4 Å². The van der Waals surface area contributed by atoms with Crippen LogP contribution in [0, 0.1) is 5.92 Å². The molecule has 2 aromatic heterocycles. The van der Waals surface area contributed by atoms with E-state index in [-0.39, 0.29) is 17.7 Å². The van der Waals surface area contributed by atoms with Crippen LogP contribution in [0.25, 0.3) is 10.2 Å². The molecule has 30 heavy (non-hydrogen) atoms. The molecule has 0 unspecified atom stereocenters. The van der Waals surface area contributed by atoms with Gasteiger partial charge in [-0.15, -0.1) is 11.3 Å². The Morgan fingerprint density at radius 1 is 1.33 bits per heavy atom. The van der Waals surface area contributed by atoms with Crippen molar-refractivity contribution in [3.63, 3.8) is 0 Å². The maximum absolute atomic E-state index is 12.9. The Bertz CT molecular complexity index is 1140. The smallest absolute Gasteiger partial charge is 0.259 e. The molecule has 1 aliphatic carbocycles. The Morgan fingerprint density at radius 2 is 2.13 bits per heavy atom. The van der Waals surface area contributed by atoms with Crippen molar-refractivity contribution in [1.29, 1.82) is 0 Å². The van der Waals surface area contributed by atoms with Gasteiger partial charge in [-0.3, -0.25) is 9.69 Å². The molecule has 7 heteroatoms. The average molecular weight is 426 g/mol. The van der Waals surface area contributed by atoms with Gasteiger partial charge < -0.3 is 14.5 Å². The number of aryl methyl sites for hydroxylation is 1. The minimum absolute atomic E-state index is 0.00604. The molecular weight excluding hydrogens is 398 g/mol. The van der Waals surface area contributed by atoms with Crippen molar-refractivity contribution in [2.24, 2.45) is 5.92 Å². The second kappa shape index (κ2) is 7.71. The number of aromatic nitrogens is 2. The van der Waals surface area contributed by atoms with Gasteiger partial charge in [-0.05, 0) is 56.8 Å². The van der Waals surface area contributed by atoms with Crippen LogP contribution in [0.15, 0.2) is 29.1 Å². The number of H-pyrrole nitrogens is 1. The third kappa shape index (κ3) is 3.50. The van der Waals surface area contributed by atoms with E-state index in [1.54, 1.807) is 11.3 Å². The molecule has 1 aliphatic heterocycles. The highest BCUT2D eigenvalue weighted by molar-refractivity contribution is 7.18. The SMILES string of the molecule is C[C@H]1CCc2c(sc3nc([C@H](C)N(C)C[C@@H]4COc5ccccc5O4)[nH]c(=O)c23)C1. The van der Waals surface area contributed by atoms with Crippen molar-refractivity contribution >= 4 is 21.6 Å². The molecule has 158 valence electrons. The van der Waals surface area contributed by atoms with E-state index in [4.69, 9.17) is 14.5 Å². The largest absolute Gasteiger partial charge is 0.486 e. The predicted molar refractivity (Wildman–Crippen MR) is 119 cm³/mol. The predicted octanol–water partition coefficient (Wildman–Crippen LogP) is 3.94. The van der Waals surface area contributed by atoms with Gasteiger partial charge in [-0.1, -0.05) is 19.1 Å². The summed E-state index contributed by atoms with van der Waals surface area (Å²) in [5.41, 5.74) is 1.22. The van der Waals surface area contributed by atoms with Gasteiger partial charge >= 0.3 is 0 Å². The number of para-hydroxylation sites is 2. The summed E-state index contributed by atoms with van der Waals surface area (Å²) in [5.74, 6) is 2.95. The lowest BCUT2D eigenvalue weighted by Gasteiger charge is -2.31. The van der Waals surface area contributed by atoms with Crippen molar-refractivity contribution in [3.05, 3.63) is 50.9 Å². The highest BCUT2D eigenvalue weighted by Gasteiger charge is 2.27. The first kappa shape index (κ1) is 19.6. The van der Waals surface area contributed by atoms with Crippen molar-refractivity contribution < 1.29 is 9.47 Å². The van der Waals surface area contributed by atoms with Gasteiger partial charge in [-0.25, -0.2) is 4.98 Å². The Morgan fingerprint density at radius 3 is 2.97 bits per heavy atom. The Kier molecular flexibility index (Phi) is 5.03. The number of rotatable bonds is 4. The van der Waals surface area contributed by atoms with E-state index in [9.17, 15) is 4.79 Å². The van der Waals surface area contributed by atoms with Crippen LogP contribution in [-0.2, 0) is 12.8 Å². The van der Waals surface area contributed by atoms with Crippen molar-refractivity contribution in [3.8, 4) is 11.5 Å². The molecule has 0 bridgehead atoms. The first-order valence-corrected chi connectivity index (χ1v) is 11.4. The number of ether oxygens (including phenoxy) is 2. The minimum Gasteiger partial charge on any atom is -0.486 e. The molecule has 0 saturated carbocycles. The van der Waals surface area contributed by atoms with Crippen LogP contribution in [0.1, 0.15) is 42.6 Å². The number of hydrogen-bond acceptors (Lipinski definition) is 6. The van der Waals surface area contributed by atoms with Crippen LogP contribution in [-0.4, -0.2) is 41.2 Å². The molecule has 0 saturated heterocycles. The number of likely N-dealkylation sites (N-methyl/N-ethyl adjacent to an activating group) is 1. The van der Waals surface area contributed by atoms with Crippen molar-refractivity contribution in [2.75, 3.05) is 20.2 Å². The number of benzene rings is 1. The highest BCUT2D eigenvalue weighted by Crippen LogP contribution is 2.36. The molecule has 6 nitrogen and oxygen atoms in total. The maximum Gasteiger partial charge on any atom is 0.259 e. The van der Waals surface area contributed by atoms with Crippen LogP contribution < -0.4 is 15.0 Å². The second-order valence-electron chi connectivity index (χ2n) is 8.60. The second-order valence-corrected chi connectivity index (χ2v) is 9.68. The quantitative estimate of drug-likeness (QED) is 0.686. The molecule has 5 rings (SSSR count). The molecule has 0 spiro atoms. The van der Waals surface area contributed by atoms with Gasteiger partial charge in [0.1, 0.15) is 23.4 Å². The Hall–Kier alpha value is -2.38. The van der Waals surface area contributed by atoms with Gasteiger partial charge in [0.25, 0.3) is 5.56 Å². The Balaban J connectivity index is 1.35. The number of nitrogens with one attached hydrogen (secondary N) is 1. The molecule has 3 atom stereocenters.